The van der Waals surface area contributed by atoms with Crippen molar-refractivity contribution in [3.8, 4) is 44.9 Å². The molecule has 8 rings (SSSR count). The summed E-state index contributed by atoms with van der Waals surface area (Å²) in [7, 11) is 0. The molecule has 0 bridgehead atoms. The van der Waals surface area contributed by atoms with Gasteiger partial charge in [0.25, 0.3) is 0 Å². The fourth-order valence-electron chi connectivity index (χ4n) is 6.68. The minimum atomic E-state index is -0.638. The first kappa shape index (κ1) is 22.0. The normalized spacial score (nSPS) is 16.3. The number of benzene rings is 5. The van der Waals surface area contributed by atoms with Crippen LogP contribution in [0.3, 0.4) is 0 Å². The van der Waals surface area contributed by atoms with Gasteiger partial charge in [0.2, 0.25) is 0 Å². The molecule has 0 saturated heterocycles. The summed E-state index contributed by atoms with van der Waals surface area (Å²) in [5.41, 5.74) is 10.6. The second-order valence-electron chi connectivity index (χ2n) is 9.89. The summed E-state index contributed by atoms with van der Waals surface area (Å²) in [6.45, 7) is 0. The molecule has 0 saturated carbocycles. The molecule has 0 N–H and O–H groups in total. The van der Waals surface area contributed by atoms with Gasteiger partial charge < -0.3 is 4.42 Å². The lowest BCUT2D eigenvalue weighted by atomic mass is 9.70. The Kier molecular flexibility index (Phi) is 4.62. The summed E-state index contributed by atoms with van der Waals surface area (Å²) in [5, 5.41) is 1.29. The van der Waals surface area contributed by atoms with Crippen molar-refractivity contribution in [2.24, 2.45) is 0 Å². The molecule has 0 fully saturated rings. The summed E-state index contributed by atoms with van der Waals surface area (Å²) >= 11 is 13.8. The second-order valence-corrected chi connectivity index (χ2v) is 10.7. The second kappa shape index (κ2) is 7.98. The average molecular weight is 527 g/mol. The summed E-state index contributed by atoms with van der Waals surface area (Å²) in [5.74, 6) is 1.74. The molecule has 0 aliphatic heterocycles. The van der Waals surface area contributed by atoms with Gasteiger partial charge in [-0.05, 0) is 45.5 Å². The van der Waals surface area contributed by atoms with Crippen molar-refractivity contribution in [2.45, 2.75) is 5.41 Å². The van der Waals surface area contributed by atoms with Gasteiger partial charge in [-0.25, -0.2) is 0 Å². The van der Waals surface area contributed by atoms with Crippen molar-refractivity contribution in [2.75, 3.05) is 0 Å². The number of rotatable bonds is 2. The van der Waals surface area contributed by atoms with Gasteiger partial charge in [-0.3, -0.25) is 0 Å². The van der Waals surface area contributed by atoms with Gasteiger partial charge in [-0.1, -0.05) is 132 Å². The van der Waals surface area contributed by atoms with E-state index in [-0.39, 0.29) is 0 Å². The van der Waals surface area contributed by atoms with E-state index in [9.17, 15) is 0 Å². The Morgan fingerprint density at radius 3 is 1.74 bits per heavy atom. The van der Waals surface area contributed by atoms with Gasteiger partial charge in [0.05, 0.1) is 5.41 Å². The Labute approximate surface area is 230 Å². The van der Waals surface area contributed by atoms with Crippen molar-refractivity contribution >= 4 is 23.2 Å². The van der Waals surface area contributed by atoms with Crippen LogP contribution < -0.4 is 0 Å². The zero-order valence-corrected chi connectivity index (χ0v) is 21.7. The fourth-order valence-corrected chi connectivity index (χ4v) is 7.32. The van der Waals surface area contributed by atoms with Crippen LogP contribution in [0.4, 0.5) is 0 Å². The number of hydrogen-bond donors (Lipinski definition) is 0. The van der Waals surface area contributed by atoms with Gasteiger partial charge in [0.1, 0.15) is 11.5 Å². The van der Waals surface area contributed by atoms with E-state index < -0.39 is 5.41 Å². The van der Waals surface area contributed by atoms with Gasteiger partial charge in [0.15, 0.2) is 0 Å². The molecule has 0 radical (unpaired) electrons. The van der Waals surface area contributed by atoms with E-state index in [1.807, 2.05) is 18.2 Å². The van der Waals surface area contributed by atoms with Crippen LogP contribution in [-0.2, 0) is 5.41 Å². The van der Waals surface area contributed by atoms with Crippen LogP contribution in [0.25, 0.3) is 44.9 Å². The maximum atomic E-state index is 7.17. The maximum Gasteiger partial charge on any atom is 0.142 e. The molecule has 6 aromatic rings. The van der Waals surface area contributed by atoms with Crippen LogP contribution in [-0.4, -0.2) is 0 Å². The number of furan rings is 1. The highest BCUT2D eigenvalue weighted by atomic mass is 35.5. The minimum Gasteiger partial charge on any atom is -0.455 e. The van der Waals surface area contributed by atoms with Crippen molar-refractivity contribution in [3.05, 3.63) is 154 Å². The predicted molar refractivity (Wildman–Crippen MR) is 156 cm³/mol. The molecule has 1 nitrogen and oxygen atoms in total. The monoisotopic (exact) mass is 526 g/mol. The molecule has 3 heteroatoms. The third kappa shape index (κ3) is 2.73. The maximum absolute atomic E-state index is 7.17. The van der Waals surface area contributed by atoms with E-state index in [1.54, 1.807) is 0 Å². The number of fused-ring (bicyclic) bond motifs is 10. The van der Waals surface area contributed by atoms with Gasteiger partial charge >= 0.3 is 0 Å². The van der Waals surface area contributed by atoms with Crippen LogP contribution in [0.2, 0.25) is 10.0 Å². The summed E-state index contributed by atoms with van der Waals surface area (Å²) in [4.78, 5) is 0. The molecule has 180 valence electrons. The zero-order valence-electron chi connectivity index (χ0n) is 20.2. The first-order valence-corrected chi connectivity index (χ1v) is 13.4. The fraction of sp³-hybridized carbons (Fsp3) is 0.0286. The molecule has 0 amide bonds. The SMILES string of the molecule is Clc1cc(Cl)c2c(c1)-c1ccccc1C21c2ccccc2-c2c(-c3ccccc3)oc(-c3ccccc3)c21. The summed E-state index contributed by atoms with van der Waals surface area (Å²) in [6, 6.07) is 42.0. The average Bonchev–Trinajstić information content (AvgIpc) is 3.59. The van der Waals surface area contributed by atoms with Gasteiger partial charge in [0, 0.05) is 32.3 Å². The zero-order chi connectivity index (χ0) is 25.4. The molecule has 1 aromatic heterocycles. The van der Waals surface area contributed by atoms with Gasteiger partial charge in [-0.15, -0.1) is 0 Å². The van der Waals surface area contributed by atoms with E-state index in [0.717, 1.165) is 50.5 Å². The van der Waals surface area contributed by atoms with Crippen LogP contribution in [0, 0.1) is 0 Å². The highest BCUT2D eigenvalue weighted by Gasteiger charge is 2.56. The molecular weight excluding hydrogens is 507 g/mol. The lowest BCUT2D eigenvalue weighted by molar-refractivity contribution is 0.588. The molecule has 5 aromatic carbocycles. The summed E-state index contributed by atoms with van der Waals surface area (Å²) < 4.78 is 6.93. The van der Waals surface area contributed by atoms with E-state index in [4.69, 9.17) is 27.6 Å². The van der Waals surface area contributed by atoms with Crippen molar-refractivity contribution in [1.29, 1.82) is 0 Å². The standard InChI is InChI=1S/C35H20Cl2O/c36-23-19-26-24-15-7-9-17-27(24)35(31(26)29(37)20-23)28-18-10-8-16-25(28)30-32(35)34(22-13-5-2-6-14-22)38-33(30)21-11-3-1-4-12-21/h1-20H. The van der Waals surface area contributed by atoms with Crippen molar-refractivity contribution in [3.63, 3.8) is 0 Å². The Hall–Kier alpha value is -4.04. The highest BCUT2D eigenvalue weighted by Crippen LogP contribution is 2.68. The first-order valence-electron chi connectivity index (χ1n) is 12.7. The summed E-state index contributed by atoms with van der Waals surface area (Å²) in [6.07, 6.45) is 0. The third-order valence-electron chi connectivity index (χ3n) is 8.01. The lowest BCUT2D eigenvalue weighted by Gasteiger charge is -2.31. The molecule has 1 spiro atoms. The topological polar surface area (TPSA) is 13.1 Å². The number of hydrogen-bond acceptors (Lipinski definition) is 1. The molecule has 38 heavy (non-hydrogen) atoms. The quantitative estimate of drug-likeness (QED) is 0.218. The van der Waals surface area contributed by atoms with Crippen molar-refractivity contribution in [1.82, 2.24) is 0 Å². The Morgan fingerprint density at radius 1 is 0.500 bits per heavy atom. The van der Waals surface area contributed by atoms with Gasteiger partial charge in [-0.2, -0.15) is 0 Å². The van der Waals surface area contributed by atoms with Crippen LogP contribution in [0.15, 0.2) is 126 Å². The molecule has 1 unspecified atom stereocenters. The predicted octanol–water partition coefficient (Wildman–Crippen LogP) is 10.3. The lowest BCUT2D eigenvalue weighted by Crippen LogP contribution is -2.26. The van der Waals surface area contributed by atoms with E-state index in [0.29, 0.717) is 10.0 Å². The molecule has 1 atom stereocenters. The van der Waals surface area contributed by atoms with E-state index in [2.05, 4.69) is 103 Å². The third-order valence-corrected chi connectivity index (χ3v) is 8.52. The van der Waals surface area contributed by atoms with Crippen LogP contribution in [0.1, 0.15) is 22.3 Å². The molecule has 1 heterocycles. The molecular formula is C35H20Cl2O. The Balaban J connectivity index is 1.62. The smallest absolute Gasteiger partial charge is 0.142 e. The molecule has 2 aliphatic carbocycles. The van der Waals surface area contributed by atoms with Crippen molar-refractivity contribution < 1.29 is 4.42 Å². The van der Waals surface area contributed by atoms with Crippen LogP contribution in [0.5, 0.6) is 0 Å². The number of halogens is 2. The minimum absolute atomic E-state index is 0.632. The van der Waals surface area contributed by atoms with Crippen LogP contribution >= 0.6 is 23.2 Å². The highest BCUT2D eigenvalue weighted by molar-refractivity contribution is 6.36. The Bertz CT molecular complexity index is 1890. The van der Waals surface area contributed by atoms with E-state index >= 15 is 0 Å². The largest absolute Gasteiger partial charge is 0.455 e. The molecule has 2 aliphatic rings. The Morgan fingerprint density at radius 2 is 1.05 bits per heavy atom. The van der Waals surface area contributed by atoms with E-state index in [1.165, 1.54) is 16.7 Å². The first-order chi connectivity index (χ1) is 18.7.